The molecule has 1 aromatic heterocycles. The minimum absolute atomic E-state index is 0.155. The summed E-state index contributed by atoms with van der Waals surface area (Å²) >= 11 is 0. The van der Waals surface area contributed by atoms with Crippen molar-refractivity contribution in [3.8, 4) is 0 Å². The van der Waals surface area contributed by atoms with Crippen LogP contribution >= 0.6 is 0 Å². The van der Waals surface area contributed by atoms with Crippen LogP contribution in [0.4, 0.5) is 10.6 Å². The van der Waals surface area contributed by atoms with E-state index >= 15 is 0 Å². The van der Waals surface area contributed by atoms with Gasteiger partial charge in [-0.25, -0.2) is 9.48 Å². The number of fused-ring (bicyclic) bond motifs is 1. The van der Waals surface area contributed by atoms with Crippen LogP contribution in [0.15, 0.2) is 36.5 Å². The van der Waals surface area contributed by atoms with Crippen molar-refractivity contribution >= 4 is 11.8 Å². The zero-order chi connectivity index (χ0) is 16.4. The maximum atomic E-state index is 12.3. The Morgan fingerprint density at radius 3 is 2.75 bits per heavy atom. The van der Waals surface area contributed by atoms with Gasteiger partial charge in [0.15, 0.2) is 0 Å². The minimum atomic E-state index is -0.169. The van der Waals surface area contributed by atoms with Crippen molar-refractivity contribution in [3.05, 3.63) is 47.7 Å². The molecule has 6 nitrogen and oxygen atoms in total. The van der Waals surface area contributed by atoms with Crippen molar-refractivity contribution in [2.24, 2.45) is 5.92 Å². The fraction of sp³-hybridized carbons (Fsp3) is 0.444. The molecular weight excluding hydrogens is 304 g/mol. The molecule has 0 bridgehead atoms. The van der Waals surface area contributed by atoms with Crippen LogP contribution < -0.4 is 10.6 Å². The highest BCUT2D eigenvalue weighted by atomic mass is 16.5. The van der Waals surface area contributed by atoms with Gasteiger partial charge < -0.3 is 10.1 Å². The lowest BCUT2D eigenvalue weighted by molar-refractivity contribution is 0.181. The van der Waals surface area contributed by atoms with Gasteiger partial charge in [-0.05, 0) is 30.4 Å². The maximum absolute atomic E-state index is 12.3. The monoisotopic (exact) mass is 326 g/mol. The number of rotatable bonds is 4. The summed E-state index contributed by atoms with van der Waals surface area (Å²) in [6, 6.07) is 10.2. The predicted molar refractivity (Wildman–Crippen MR) is 90.9 cm³/mol. The van der Waals surface area contributed by atoms with E-state index in [1.807, 2.05) is 22.9 Å². The summed E-state index contributed by atoms with van der Waals surface area (Å²) in [5.74, 6) is 1.20. The van der Waals surface area contributed by atoms with Gasteiger partial charge in [0.25, 0.3) is 0 Å². The number of nitrogens with one attached hydrogen (secondary N) is 2. The van der Waals surface area contributed by atoms with E-state index in [9.17, 15) is 4.79 Å². The quantitative estimate of drug-likeness (QED) is 0.905. The largest absolute Gasteiger partial charge is 0.381 e. The molecule has 1 aliphatic carbocycles. The van der Waals surface area contributed by atoms with E-state index in [0.717, 1.165) is 44.8 Å². The summed E-state index contributed by atoms with van der Waals surface area (Å²) < 4.78 is 7.25. The van der Waals surface area contributed by atoms with E-state index in [4.69, 9.17) is 4.74 Å². The second-order valence-corrected chi connectivity index (χ2v) is 6.60. The highest BCUT2D eigenvalue weighted by molar-refractivity contribution is 5.88. The summed E-state index contributed by atoms with van der Waals surface area (Å²) in [7, 11) is 0. The third-order valence-corrected chi connectivity index (χ3v) is 4.80. The fourth-order valence-electron chi connectivity index (χ4n) is 3.55. The molecule has 1 fully saturated rings. The molecule has 0 spiro atoms. The molecule has 1 aromatic carbocycles. The number of benzene rings is 1. The Kier molecular flexibility index (Phi) is 4.21. The van der Waals surface area contributed by atoms with Gasteiger partial charge in [-0.2, -0.15) is 5.10 Å². The number of ether oxygens (including phenoxy) is 1. The second-order valence-electron chi connectivity index (χ2n) is 6.60. The van der Waals surface area contributed by atoms with Gasteiger partial charge in [0.1, 0.15) is 5.82 Å². The van der Waals surface area contributed by atoms with E-state index in [1.165, 1.54) is 11.1 Å². The van der Waals surface area contributed by atoms with Gasteiger partial charge in [0, 0.05) is 31.2 Å². The minimum Gasteiger partial charge on any atom is -0.381 e. The van der Waals surface area contributed by atoms with Gasteiger partial charge in [-0.3, -0.25) is 5.32 Å². The van der Waals surface area contributed by atoms with Crippen LogP contribution in [-0.4, -0.2) is 35.1 Å². The van der Waals surface area contributed by atoms with Crippen LogP contribution in [0.1, 0.15) is 17.5 Å². The first-order chi connectivity index (χ1) is 11.8. The van der Waals surface area contributed by atoms with Crippen LogP contribution in [0.2, 0.25) is 0 Å². The smallest absolute Gasteiger partial charge is 0.320 e. The van der Waals surface area contributed by atoms with Gasteiger partial charge in [0.2, 0.25) is 0 Å². The maximum Gasteiger partial charge on any atom is 0.320 e. The summed E-state index contributed by atoms with van der Waals surface area (Å²) in [6.07, 6.45) is 4.55. The summed E-state index contributed by atoms with van der Waals surface area (Å²) in [5, 5.41) is 10.3. The average molecular weight is 326 g/mol. The topological polar surface area (TPSA) is 68.2 Å². The zero-order valence-corrected chi connectivity index (χ0v) is 13.6. The van der Waals surface area contributed by atoms with Gasteiger partial charge in [-0.15, -0.1) is 0 Å². The predicted octanol–water partition coefficient (Wildman–Crippen LogP) is 2.21. The number of anilines is 1. The molecular formula is C18H22N4O2. The van der Waals surface area contributed by atoms with Crippen LogP contribution in [0.3, 0.4) is 0 Å². The first-order valence-corrected chi connectivity index (χ1v) is 8.52. The number of urea groups is 1. The van der Waals surface area contributed by atoms with Crippen LogP contribution in [0, 0.1) is 5.92 Å². The number of nitrogens with zero attached hydrogens (tertiary/aromatic N) is 2. The van der Waals surface area contributed by atoms with Crippen molar-refractivity contribution in [3.63, 3.8) is 0 Å². The Morgan fingerprint density at radius 2 is 2.04 bits per heavy atom. The highest BCUT2D eigenvalue weighted by Gasteiger charge is 2.23. The molecule has 24 heavy (non-hydrogen) atoms. The Balaban J connectivity index is 1.33. The fourth-order valence-corrected chi connectivity index (χ4v) is 3.55. The number of carbonyl (C=O) groups is 1. The summed E-state index contributed by atoms with van der Waals surface area (Å²) in [4.78, 5) is 12.3. The van der Waals surface area contributed by atoms with Crippen molar-refractivity contribution in [2.45, 2.75) is 31.8 Å². The zero-order valence-electron chi connectivity index (χ0n) is 13.6. The summed E-state index contributed by atoms with van der Waals surface area (Å²) in [5.41, 5.74) is 2.66. The van der Waals surface area contributed by atoms with Gasteiger partial charge >= 0.3 is 6.03 Å². The van der Waals surface area contributed by atoms with E-state index < -0.39 is 0 Å². The Bertz CT molecular complexity index is 696. The molecule has 2 amide bonds. The van der Waals surface area contributed by atoms with Crippen molar-refractivity contribution < 1.29 is 9.53 Å². The second kappa shape index (κ2) is 6.65. The SMILES string of the molecule is O=C(Nc1ccnn1C[C@@H]1CCOC1)NC1Cc2ccccc2C1. The molecule has 0 unspecified atom stereocenters. The Hall–Kier alpha value is -2.34. The number of aromatic nitrogens is 2. The van der Waals surface area contributed by atoms with E-state index in [0.29, 0.717) is 5.92 Å². The molecule has 2 aromatic rings. The molecule has 2 N–H and O–H groups in total. The third-order valence-electron chi connectivity index (χ3n) is 4.80. The highest BCUT2D eigenvalue weighted by Crippen LogP contribution is 2.22. The van der Waals surface area contributed by atoms with Crippen molar-refractivity contribution in [2.75, 3.05) is 18.5 Å². The molecule has 4 rings (SSSR count). The molecule has 6 heteroatoms. The molecule has 0 radical (unpaired) electrons. The molecule has 1 saturated heterocycles. The van der Waals surface area contributed by atoms with Crippen molar-refractivity contribution in [1.82, 2.24) is 15.1 Å². The van der Waals surface area contributed by atoms with Crippen LogP contribution in [0.5, 0.6) is 0 Å². The molecule has 1 aliphatic heterocycles. The first-order valence-electron chi connectivity index (χ1n) is 8.52. The van der Waals surface area contributed by atoms with E-state index in [-0.39, 0.29) is 12.1 Å². The number of amides is 2. The van der Waals surface area contributed by atoms with Crippen LogP contribution in [0.25, 0.3) is 0 Å². The van der Waals surface area contributed by atoms with E-state index in [2.05, 4.69) is 27.9 Å². The number of carbonyl (C=O) groups excluding carboxylic acids is 1. The molecule has 2 heterocycles. The molecule has 2 aliphatic rings. The Labute approximate surface area is 141 Å². The van der Waals surface area contributed by atoms with Crippen molar-refractivity contribution in [1.29, 1.82) is 0 Å². The number of hydrogen-bond acceptors (Lipinski definition) is 3. The van der Waals surface area contributed by atoms with E-state index in [1.54, 1.807) is 6.20 Å². The van der Waals surface area contributed by atoms with Gasteiger partial charge in [0.05, 0.1) is 12.8 Å². The van der Waals surface area contributed by atoms with Crippen LogP contribution in [-0.2, 0) is 24.1 Å². The molecule has 0 saturated carbocycles. The number of hydrogen-bond donors (Lipinski definition) is 2. The standard InChI is InChI=1S/C18H22N4O2/c23-18(20-16-9-14-3-1-2-4-15(14)10-16)21-17-5-7-19-22(17)11-13-6-8-24-12-13/h1-5,7,13,16H,6,8-12H2,(H2,20,21,23)/t13-/m0/s1. The third kappa shape index (κ3) is 3.28. The first kappa shape index (κ1) is 15.2. The molecule has 126 valence electrons. The lowest BCUT2D eigenvalue weighted by Gasteiger charge is -2.15. The molecule has 1 atom stereocenters. The average Bonchev–Trinajstić information content (AvgIpc) is 3.29. The lowest BCUT2D eigenvalue weighted by Crippen LogP contribution is -2.39. The Morgan fingerprint density at radius 1 is 1.25 bits per heavy atom. The van der Waals surface area contributed by atoms with Gasteiger partial charge in [-0.1, -0.05) is 24.3 Å². The summed E-state index contributed by atoms with van der Waals surface area (Å²) in [6.45, 7) is 2.36. The lowest BCUT2D eigenvalue weighted by atomic mass is 10.1. The normalized spacial score (nSPS) is 20.1.